The summed E-state index contributed by atoms with van der Waals surface area (Å²) in [6.07, 6.45) is 6.11. The van der Waals surface area contributed by atoms with Gasteiger partial charge in [-0.05, 0) is 50.2 Å². The van der Waals surface area contributed by atoms with E-state index in [1.165, 1.54) is 12.8 Å². The maximum atomic E-state index is 6.39. The predicted molar refractivity (Wildman–Crippen MR) is 133 cm³/mol. The van der Waals surface area contributed by atoms with Crippen molar-refractivity contribution in [1.82, 2.24) is 25.0 Å². The second-order valence-electron chi connectivity index (χ2n) is 10.4. The lowest BCUT2D eigenvalue weighted by atomic mass is 9.79. The van der Waals surface area contributed by atoms with Gasteiger partial charge in [0.25, 0.3) is 0 Å². The molecule has 2 aromatic heterocycles. The fourth-order valence-electron chi connectivity index (χ4n) is 6.13. The van der Waals surface area contributed by atoms with Gasteiger partial charge >= 0.3 is 0 Å². The maximum absolute atomic E-state index is 6.39. The smallest absolute Gasteiger partial charge is 0.242 e. The zero-order valence-electron chi connectivity index (χ0n) is 20.6. The molecule has 4 heterocycles. The number of aryl methyl sites for hydroxylation is 2. The van der Waals surface area contributed by atoms with Crippen LogP contribution >= 0.6 is 0 Å². The van der Waals surface area contributed by atoms with Crippen LogP contribution in [0.15, 0.2) is 36.5 Å². The van der Waals surface area contributed by atoms with E-state index in [0.717, 1.165) is 61.2 Å². The number of para-hydroxylation sites is 1. The molecule has 0 spiro atoms. The number of hydrogen-bond acceptors (Lipinski definition) is 8. The van der Waals surface area contributed by atoms with Crippen molar-refractivity contribution in [3.8, 4) is 11.6 Å². The zero-order chi connectivity index (χ0) is 24.0. The van der Waals surface area contributed by atoms with E-state index < -0.39 is 0 Å². The molecule has 2 fully saturated rings. The van der Waals surface area contributed by atoms with Gasteiger partial charge in [-0.25, -0.2) is 4.68 Å². The number of aromatic nitrogens is 5. The van der Waals surface area contributed by atoms with Crippen molar-refractivity contribution >= 4 is 11.6 Å². The Morgan fingerprint density at radius 3 is 2.91 bits per heavy atom. The van der Waals surface area contributed by atoms with Crippen LogP contribution in [-0.2, 0) is 6.54 Å². The van der Waals surface area contributed by atoms with E-state index in [4.69, 9.17) is 19.6 Å². The Morgan fingerprint density at radius 2 is 2.09 bits per heavy atom. The van der Waals surface area contributed by atoms with Crippen molar-refractivity contribution in [3.05, 3.63) is 47.9 Å². The molecule has 1 saturated carbocycles. The minimum Gasteiger partial charge on any atom is -0.482 e. The molecule has 2 aliphatic heterocycles. The summed E-state index contributed by atoms with van der Waals surface area (Å²) in [5, 5.41) is 16.8. The summed E-state index contributed by atoms with van der Waals surface area (Å²) in [5.74, 6) is 3.63. The van der Waals surface area contributed by atoms with Crippen molar-refractivity contribution < 1.29 is 9.47 Å². The highest BCUT2D eigenvalue weighted by atomic mass is 16.5. The lowest BCUT2D eigenvalue weighted by molar-refractivity contribution is 0.154. The minimum absolute atomic E-state index is 0.0729. The monoisotopic (exact) mass is 475 g/mol. The molecular weight excluding hydrogens is 442 g/mol. The molecule has 1 aromatic carbocycles. The van der Waals surface area contributed by atoms with Gasteiger partial charge < -0.3 is 19.7 Å². The summed E-state index contributed by atoms with van der Waals surface area (Å²) < 4.78 is 13.7. The highest BCUT2D eigenvalue weighted by molar-refractivity contribution is 5.48. The Morgan fingerprint density at radius 1 is 1.20 bits per heavy atom. The third kappa shape index (κ3) is 4.06. The summed E-state index contributed by atoms with van der Waals surface area (Å²) in [6, 6.07) is 10.5. The van der Waals surface area contributed by atoms with Crippen LogP contribution in [0.2, 0.25) is 0 Å². The molecule has 1 aliphatic carbocycles. The molecule has 0 radical (unpaired) electrons. The van der Waals surface area contributed by atoms with Crippen molar-refractivity contribution in [1.29, 1.82) is 0 Å². The molecule has 3 aromatic rings. The molecule has 9 nitrogen and oxygen atoms in total. The summed E-state index contributed by atoms with van der Waals surface area (Å²) >= 11 is 0. The first-order chi connectivity index (χ1) is 17.0. The summed E-state index contributed by atoms with van der Waals surface area (Å²) in [4.78, 5) is 7.37. The lowest BCUT2D eigenvalue weighted by Gasteiger charge is -2.45. The van der Waals surface area contributed by atoms with Crippen LogP contribution in [0.4, 0.5) is 11.6 Å². The quantitative estimate of drug-likeness (QED) is 0.572. The fraction of sp³-hybridized carbons (Fsp3) is 0.538. The van der Waals surface area contributed by atoms with Crippen LogP contribution in [0.5, 0.6) is 11.6 Å². The van der Waals surface area contributed by atoms with E-state index in [0.29, 0.717) is 17.8 Å². The highest BCUT2D eigenvalue weighted by Gasteiger charge is 2.51. The Kier molecular flexibility index (Phi) is 5.50. The second kappa shape index (κ2) is 8.70. The van der Waals surface area contributed by atoms with Gasteiger partial charge in [0.2, 0.25) is 11.8 Å². The predicted octanol–water partition coefficient (Wildman–Crippen LogP) is 4.02. The number of fused-ring (bicyclic) bond motifs is 3. The van der Waals surface area contributed by atoms with Gasteiger partial charge in [0.15, 0.2) is 11.9 Å². The van der Waals surface area contributed by atoms with Crippen molar-refractivity contribution in [2.75, 3.05) is 30.4 Å². The van der Waals surface area contributed by atoms with Gasteiger partial charge in [-0.1, -0.05) is 25.1 Å². The number of anilines is 2. The van der Waals surface area contributed by atoms with Gasteiger partial charge in [-0.2, -0.15) is 10.1 Å². The second-order valence-corrected chi connectivity index (χ2v) is 10.4. The number of benzene rings is 1. The van der Waals surface area contributed by atoms with E-state index in [-0.39, 0.29) is 11.5 Å². The summed E-state index contributed by atoms with van der Waals surface area (Å²) in [6.45, 7) is 7.25. The molecule has 1 saturated heterocycles. The fourth-order valence-corrected chi connectivity index (χ4v) is 6.13. The van der Waals surface area contributed by atoms with Crippen molar-refractivity contribution in [2.45, 2.75) is 58.2 Å². The number of hydrogen-bond donors (Lipinski definition) is 1. The third-order valence-corrected chi connectivity index (χ3v) is 7.98. The van der Waals surface area contributed by atoms with Crippen LogP contribution in [0.25, 0.3) is 0 Å². The highest BCUT2D eigenvalue weighted by Crippen LogP contribution is 2.48. The lowest BCUT2D eigenvalue weighted by Crippen LogP contribution is -2.54. The van der Waals surface area contributed by atoms with Gasteiger partial charge in [0.05, 0.1) is 19.0 Å². The van der Waals surface area contributed by atoms with Crippen LogP contribution in [0.1, 0.15) is 50.1 Å². The average molecular weight is 476 g/mol. The number of rotatable bonds is 6. The SMILES string of the molecule is COc1cc(N2C[C@H]3CC[C@@](C)(C2)C3Nc2nc3n(n2)CCC[C@H]3Oc2ccccc2C)cnn1. The Balaban J connectivity index is 1.19. The molecule has 3 aliphatic rings. The van der Waals surface area contributed by atoms with Crippen molar-refractivity contribution in [3.63, 3.8) is 0 Å². The Labute approximate surface area is 205 Å². The molecule has 4 atom stereocenters. The number of piperidine rings is 1. The van der Waals surface area contributed by atoms with Gasteiger partial charge in [0, 0.05) is 37.2 Å². The Bertz CT molecular complexity index is 1210. The largest absolute Gasteiger partial charge is 0.482 e. The van der Waals surface area contributed by atoms with Gasteiger partial charge in [0.1, 0.15) is 5.75 Å². The van der Waals surface area contributed by atoms with Gasteiger partial charge in [-0.3, -0.25) is 0 Å². The first-order valence-corrected chi connectivity index (χ1v) is 12.6. The molecule has 35 heavy (non-hydrogen) atoms. The number of nitrogens with one attached hydrogen (secondary N) is 1. The standard InChI is InChI=1S/C26H33N7O2/c1-17-7-4-5-8-20(17)35-21-9-6-12-33-24(21)29-25(31-33)28-23-18-10-11-26(23,2)16-32(15-18)19-13-22(34-3)30-27-14-19/h4-5,7-8,13-14,18,21,23H,6,9-12,15-16H2,1-3H3,(H,28,31)/t18-,21-,23?,26+/m1/s1. The van der Waals surface area contributed by atoms with E-state index in [1.54, 1.807) is 7.11 Å². The van der Waals surface area contributed by atoms with Gasteiger partial charge in [-0.15, -0.1) is 10.2 Å². The van der Waals surface area contributed by atoms with Crippen LogP contribution in [0, 0.1) is 18.3 Å². The van der Waals surface area contributed by atoms with E-state index in [2.05, 4.69) is 40.3 Å². The first-order valence-electron chi connectivity index (χ1n) is 12.6. The topological polar surface area (TPSA) is 90.2 Å². The molecule has 184 valence electrons. The van der Waals surface area contributed by atoms with Crippen LogP contribution in [-0.4, -0.2) is 51.2 Å². The number of methoxy groups -OCH3 is 1. The third-order valence-electron chi connectivity index (χ3n) is 7.98. The first kappa shape index (κ1) is 22.1. The van der Waals surface area contributed by atoms with E-state index >= 15 is 0 Å². The summed E-state index contributed by atoms with van der Waals surface area (Å²) in [7, 11) is 1.63. The molecule has 1 unspecified atom stereocenters. The van der Waals surface area contributed by atoms with Crippen LogP contribution in [0.3, 0.4) is 0 Å². The van der Waals surface area contributed by atoms with E-state index in [1.807, 2.05) is 35.1 Å². The zero-order valence-corrected chi connectivity index (χ0v) is 20.6. The normalized spacial score (nSPS) is 27.4. The van der Waals surface area contributed by atoms with Crippen LogP contribution < -0.4 is 19.7 Å². The van der Waals surface area contributed by atoms with Crippen molar-refractivity contribution in [2.24, 2.45) is 11.3 Å². The Hall–Kier alpha value is -3.36. The number of nitrogens with zero attached hydrogens (tertiary/aromatic N) is 6. The maximum Gasteiger partial charge on any atom is 0.242 e. The molecule has 0 amide bonds. The minimum atomic E-state index is -0.0729. The average Bonchev–Trinajstić information content (AvgIpc) is 3.36. The molecule has 2 bridgehead atoms. The summed E-state index contributed by atoms with van der Waals surface area (Å²) in [5.41, 5.74) is 2.32. The molecular formula is C26H33N7O2. The molecule has 1 N–H and O–H groups in total. The van der Waals surface area contributed by atoms with E-state index in [9.17, 15) is 0 Å². The molecule has 6 rings (SSSR count). The molecule has 9 heteroatoms. The number of ether oxygens (including phenoxy) is 2.